The second-order valence-electron chi connectivity index (χ2n) is 4.50. The first-order chi connectivity index (χ1) is 9.52. The quantitative estimate of drug-likeness (QED) is 0.352. The van der Waals surface area contributed by atoms with E-state index >= 15 is 0 Å². The minimum absolute atomic E-state index is 0. The van der Waals surface area contributed by atoms with E-state index in [4.69, 9.17) is 15.6 Å². The van der Waals surface area contributed by atoms with Crippen molar-refractivity contribution in [2.75, 3.05) is 12.3 Å². The molecule has 0 saturated carbocycles. The molecule has 1 aliphatic heterocycles. The molecule has 0 radical (unpaired) electrons. The molecule has 116 valence electrons. The van der Waals surface area contributed by atoms with Gasteiger partial charge >= 0.3 is 0 Å². The van der Waals surface area contributed by atoms with E-state index < -0.39 is 36.7 Å². The number of imidazole rings is 1. The maximum absolute atomic E-state index is 11.7. The van der Waals surface area contributed by atoms with Crippen molar-refractivity contribution in [1.29, 1.82) is 0 Å². The zero-order valence-corrected chi connectivity index (χ0v) is 10.7. The van der Waals surface area contributed by atoms with E-state index in [9.17, 15) is 15.0 Å². The van der Waals surface area contributed by atoms with Crippen molar-refractivity contribution in [3.05, 3.63) is 16.7 Å². The lowest BCUT2D eigenvalue weighted by Crippen LogP contribution is -2.33. The molecular formula is C10H15N5O6. The lowest BCUT2D eigenvalue weighted by atomic mass is 10.2. The molecule has 0 aromatic carbocycles. The third-order valence-corrected chi connectivity index (χ3v) is 3.24. The Balaban J connectivity index is 0.00000161. The van der Waals surface area contributed by atoms with Crippen molar-refractivity contribution in [3.8, 4) is 0 Å². The van der Waals surface area contributed by atoms with Crippen LogP contribution in [0.3, 0.4) is 0 Å². The van der Waals surface area contributed by atoms with Gasteiger partial charge in [-0.05, 0) is 0 Å². The third kappa shape index (κ3) is 2.26. The normalized spacial score (nSPS) is 28.7. The van der Waals surface area contributed by atoms with E-state index in [0.29, 0.717) is 0 Å². The van der Waals surface area contributed by atoms with Gasteiger partial charge in [0, 0.05) is 0 Å². The Kier molecular flexibility index (Phi) is 3.93. The van der Waals surface area contributed by atoms with Crippen LogP contribution in [0.15, 0.2) is 11.1 Å². The Bertz CT molecular complexity index is 699. The molecule has 0 bridgehead atoms. The maximum atomic E-state index is 11.7. The highest BCUT2D eigenvalue weighted by Crippen LogP contribution is 2.30. The van der Waals surface area contributed by atoms with Crippen molar-refractivity contribution in [2.24, 2.45) is 0 Å². The van der Waals surface area contributed by atoms with Gasteiger partial charge in [0.1, 0.15) is 18.3 Å². The Morgan fingerprint density at radius 3 is 2.76 bits per heavy atom. The van der Waals surface area contributed by atoms with Gasteiger partial charge in [0.25, 0.3) is 5.56 Å². The van der Waals surface area contributed by atoms with Gasteiger partial charge in [-0.25, -0.2) is 4.98 Å². The minimum Gasteiger partial charge on any atom is -0.412 e. The molecule has 8 N–H and O–H groups in total. The number of anilines is 1. The summed E-state index contributed by atoms with van der Waals surface area (Å²) in [5.74, 6) is -0.101. The minimum atomic E-state index is -1.29. The zero-order chi connectivity index (χ0) is 14.4. The highest BCUT2D eigenvalue weighted by molar-refractivity contribution is 5.70. The van der Waals surface area contributed by atoms with Crippen LogP contribution in [0.2, 0.25) is 0 Å². The molecule has 3 heterocycles. The first-order valence-electron chi connectivity index (χ1n) is 5.87. The van der Waals surface area contributed by atoms with E-state index in [1.54, 1.807) is 0 Å². The van der Waals surface area contributed by atoms with Gasteiger partial charge in [-0.2, -0.15) is 4.98 Å². The fourth-order valence-electron chi connectivity index (χ4n) is 2.24. The number of aliphatic hydroxyl groups excluding tert-OH is 3. The van der Waals surface area contributed by atoms with Gasteiger partial charge in [-0.15, -0.1) is 0 Å². The van der Waals surface area contributed by atoms with Crippen LogP contribution >= 0.6 is 0 Å². The van der Waals surface area contributed by atoms with Crippen molar-refractivity contribution >= 4 is 17.1 Å². The SMILES string of the molecule is Nc1nc2c([15n]c[15n]2[C@@H]2O[C@H]([13CH2]O)[C@@H](O)[C@H]2O)c(=O)[nH]1.O. The molecule has 1 saturated heterocycles. The number of ether oxygens (including phenoxy) is 1. The number of aromatic nitrogens is 4. The van der Waals surface area contributed by atoms with Crippen molar-refractivity contribution in [3.63, 3.8) is 0 Å². The van der Waals surface area contributed by atoms with Crippen LogP contribution in [0.1, 0.15) is 6.23 Å². The monoisotopic (exact) mass is 304 g/mol. The largest absolute Gasteiger partial charge is 0.412 e. The molecule has 4 atom stereocenters. The molecule has 11 heteroatoms. The summed E-state index contributed by atoms with van der Waals surface area (Å²) in [6.07, 6.45) is -3.21. The highest BCUT2D eigenvalue weighted by Gasteiger charge is 2.44. The molecule has 0 aliphatic carbocycles. The Hall–Kier alpha value is -2.05. The van der Waals surface area contributed by atoms with Crippen LogP contribution < -0.4 is 11.3 Å². The average Bonchev–Trinajstić information content (AvgIpc) is 2.93. The van der Waals surface area contributed by atoms with Crippen LogP contribution in [-0.2, 0) is 4.74 Å². The number of nitrogens with one attached hydrogen (secondary N) is 1. The van der Waals surface area contributed by atoms with Crippen LogP contribution in [0, 0.1) is 0 Å². The predicted octanol–water partition coefficient (Wildman–Crippen LogP) is -3.51. The number of rotatable bonds is 2. The van der Waals surface area contributed by atoms with E-state index in [0.717, 1.165) is 0 Å². The van der Waals surface area contributed by atoms with Crippen molar-refractivity contribution < 1.29 is 25.5 Å². The van der Waals surface area contributed by atoms with Gasteiger partial charge in [-0.3, -0.25) is 14.3 Å². The van der Waals surface area contributed by atoms with Crippen molar-refractivity contribution in [1.82, 2.24) is 19.5 Å². The van der Waals surface area contributed by atoms with E-state index in [1.165, 1.54) is 10.9 Å². The molecule has 11 nitrogen and oxygen atoms in total. The molecule has 1 aliphatic rings. The summed E-state index contributed by atoms with van der Waals surface area (Å²) in [4.78, 5) is 21.8. The topological polar surface area (TPSA) is 191 Å². The second-order valence-corrected chi connectivity index (χ2v) is 4.50. The summed E-state index contributed by atoms with van der Waals surface area (Å²) in [5.41, 5.74) is 5.12. The predicted molar refractivity (Wildman–Crippen MR) is 69.2 cm³/mol. The first kappa shape index (κ1) is 15.3. The standard InChI is InChI=1S/C10H13N5O5.H2O/c11-10-13-7-4(8(19)14-10)12-2-15(7)9-6(18)5(17)3(1-16)20-9;/h2-3,5-6,9,16-18H,1H2,(H3,11,13,14,19);1H2/t3-,5-,6-,9-;/m1./s1/i1+1,12+1,15+1;. The maximum Gasteiger partial charge on any atom is 0.280 e. The van der Waals surface area contributed by atoms with Gasteiger partial charge in [0.2, 0.25) is 5.95 Å². The molecule has 2 aromatic rings. The number of hydrogen-bond acceptors (Lipinski definition) is 8. The Morgan fingerprint density at radius 2 is 2.14 bits per heavy atom. The van der Waals surface area contributed by atoms with E-state index in [2.05, 4.69) is 15.0 Å². The molecule has 2 aromatic heterocycles. The molecule has 1 fully saturated rings. The molecule has 3 rings (SSSR count). The fourth-order valence-corrected chi connectivity index (χ4v) is 2.24. The summed E-state index contributed by atoms with van der Waals surface area (Å²) in [6.45, 7) is -0.447. The van der Waals surface area contributed by atoms with Gasteiger partial charge in [0.15, 0.2) is 17.4 Å². The summed E-state index contributed by atoms with van der Waals surface area (Å²) >= 11 is 0. The van der Waals surface area contributed by atoms with E-state index in [1.807, 2.05) is 0 Å². The number of aromatic amines is 1. The van der Waals surface area contributed by atoms with Crippen LogP contribution in [0.25, 0.3) is 11.2 Å². The molecule has 0 amide bonds. The van der Waals surface area contributed by atoms with Crippen LogP contribution in [0.4, 0.5) is 5.95 Å². The Morgan fingerprint density at radius 1 is 1.43 bits per heavy atom. The Labute approximate surface area is 116 Å². The molecule has 0 unspecified atom stereocenters. The number of nitrogens with two attached hydrogens (primary N) is 1. The van der Waals surface area contributed by atoms with Gasteiger partial charge < -0.3 is 31.3 Å². The summed E-state index contributed by atoms with van der Waals surface area (Å²) in [7, 11) is 0. The van der Waals surface area contributed by atoms with Gasteiger partial charge in [0.05, 0.1) is 12.9 Å². The molecule has 0 spiro atoms. The van der Waals surface area contributed by atoms with Crippen LogP contribution in [0.5, 0.6) is 0 Å². The number of hydrogen-bond donors (Lipinski definition) is 5. The molecular weight excluding hydrogens is 289 g/mol. The number of fused-ring (bicyclic) bond motifs is 1. The smallest absolute Gasteiger partial charge is 0.280 e. The molecule has 21 heavy (non-hydrogen) atoms. The summed E-state index contributed by atoms with van der Waals surface area (Å²) in [6, 6.07) is 0. The first-order valence-corrected chi connectivity index (χ1v) is 5.87. The number of nitrogens with zero attached hydrogens (tertiary/aromatic N) is 3. The zero-order valence-electron chi connectivity index (χ0n) is 10.7. The number of nitrogen functional groups attached to an aromatic ring is 1. The third-order valence-electron chi connectivity index (χ3n) is 3.24. The van der Waals surface area contributed by atoms with Crippen molar-refractivity contribution in [2.45, 2.75) is 24.5 Å². The summed E-state index contributed by atoms with van der Waals surface area (Å²) in [5, 5.41) is 28.7. The highest BCUT2D eigenvalue weighted by atomic mass is 16.6. The average molecular weight is 304 g/mol. The van der Waals surface area contributed by atoms with E-state index in [-0.39, 0.29) is 22.6 Å². The fraction of sp³-hybridized carbons (Fsp3) is 0.500. The van der Waals surface area contributed by atoms with Gasteiger partial charge in [-0.1, -0.05) is 0 Å². The lowest BCUT2D eigenvalue weighted by Gasteiger charge is -2.16. The summed E-state index contributed by atoms with van der Waals surface area (Å²) < 4.78 is 6.64. The number of aliphatic hydroxyl groups is 3. The lowest BCUT2D eigenvalue weighted by molar-refractivity contribution is -0.0511. The number of H-pyrrole nitrogens is 1. The van der Waals surface area contributed by atoms with Crippen LogP contribution in [-0.4, -0.2) is 65.2 Å². The second kappa shape index (κ2) is 5.38.